The molecule has 0 aromatic carbocycles. The summed E-state index contributed by atoms with van der Waals surface area (Å²) in [5, 5.41) is 2.51. The van der Waals surface area contributed by atoms with Crippen molar-refractivity contribution >= 4 is 29.5 Å². The first-order chi connectivity index (χ1) is 7.15. The van der Waals surface area contributed by atoms with Gasteiger partial charge in [0.05, 0.1) is 0 Å². The van der Waals surface area contributed by atoms with Gasteiger partial charge in [-0.15, -0.1) is 0 Å². The van der Waals surface area contributed by atoms with Crippen LogP contribution in [0.1, 0.15) is 6.42 Å². The van der Waals surface area contributed by atoms with Crippen LogP contribution in [0.5, 0.6) is 0 Å². The van der Waals surface area contributed by atoms with Crippen molar-refractivity contribution in [3.05, 3.63) is 12.2 Å². The van der Waals surface area contributed by atoms with Crippen molar-refractivity contribution in [2.75, 3.05) is 18.7 Å². The molecule has 0 fully saturated rings. The molecule has 0 saturated carbocycles. The third-order valence-corrected chi connectivity index (χ3v) is 2.48. The molecule has 5 nitrogen and oxygen atoms in total. The number of carbonyl (C=O) groups is 3. The molecule has 0 saturated heterocycles. The Hall–Kier alpha value is -1.30. The van der Waals surface area contributed by atoms with Gasteiger partial charge in [-0.3, -0.25) is 19.3 Å². The van der Waals surface area contributed by atoms with Crippen molar-refractivity contribution in [1.82, 2.24) is 10.2 Å². The average molecular weight is 228 g/mol. The molecule has 1 aliphatic rings. The molecule has 0 spiro atoms. The van der Waals surface area contributed by atoms with Crippen LogP contribution < -0.4 is 5.32 Å². The second-order valence-corrected chi connectivity index (χ2v) is 3.92. The van der Waals surface area contributed by atoms with Crippen molar-refractivity contribution in [3.63, 3.8) is 0 Å². The fourth-order valence-electron chi connectivity index (χ4n) is 1.04. The molecule has 0 aliphatic carbocycles. The maximum absolute atomic E-state index is 11.2. The Morgan fingerprint density at radius 1 is 1.40 bits per heavy atom. The molecule has 1 aliphatic heterocycles. The number of rotatable bonds is 5. The van der Waals surface area contributed by atoms with E-state index >= 15 is 0 Å². The Kier molecular flexibility index (Phi) is 4.36. The van der Waals surface area contributed by atoms with Gasteiger partial charge in [0.15, 0.2) is 0 Å². The minimum Gasteiger partial charge on any atom is -0.338 e. The predicted octanol–water partition coefficient (Wildman–Crippen LogP) is -0.262. The Balaban J connectivity index is 2.28. The molecule has 1 rings (SSSR count). The van der Waals surface area contributed by atoms with E-state index in [2.05, 4.69) is 5.32 Å². The Morgan fingerprint density at radius 3 is 2.53 bits per heavy atom. The van der Waals surface area contributed by atoms with Crippen LogP contribution in [0.2, 0.25) is 0 Å². The van der Waals surface area contributed by atoms with E-state index in [1.807, 2.05) is 6.26 Å². The van der Waals surface area contributed by atoms with Crippen molar-refractivity contribution in [2.45, 2.75) is 6.42 Å². The van der Waals surface area contributed by atoms with E-state index in [1.54, 1.807) is 11.8 Å². The summed E-state index contributed by atoms with van der Waals surface area (Å²) in [7, 11) is 0. The molecule has 0 aromatic heterocycles. The summed E-state index contributed by atoms with van der Waals surface area (Å²) in [4.78, 5) is 34.3. The highest BCUT2D eigenvalue weighted by molar-refractivity contribution is 7.98. The summed E-state index contributed by atoms with van der Waals surface area (Å²) >= 11 is 1.57. The smallest absolute Gasteiger partial charge is 0.255 e. The number of thioether (sulfide) groups is 1. The fraction of sp³-hybridized carbons (Fsp3) is 0.444. The first kappa shape index (κ1) is 11.8. The Morgan fingerprint density at radius 2 is 2.00 bits per heavy atom. The van der Waals surface area contributed by atoms with E-state index in [-0.39, 0.29) is 24.4 Å². The number of nitrogens with one attached hydrogen (secondary N) is 1. The maximum atomic E-state index is 11.2. The molecular weight excluding hydrogens is 216 g/mol. The van der Waals surface area contributed by atoms with Crippen LogP contribution in [0, 0.1) is 0 Å². The van der Waals surface area contributed by atoms with Gasteiger partial charge >= 0.3 is 0 Å². The average Bonchev–Trinajstić information content (AvgIpc) is 2.53. The molecule has 3 amide bonds. The van der Waals surface area contributed by atoms with Crippen LogP contribution in [0.3, 0.4) is 0 Å². The zero-order valence-corrected chi connectivity index (χ0v) is 9.17. The van der Waals surface area contributed by atoms with Crippen molar-refractivity contribution in [1.29, 1.82) is 0 Å². The Bertz CT molecular complexity index is 296. The molecule has 0 aromatic rings. The second-order valence-electron chi connectivity index (χ2n) is 2.94. The van der Waals surface area contributed by atoms with Gasteiger partial charge in [0.25, 0.3) is 11.8 Å². The number of hydrogen-bond acceptors (Lipinski definition) is 4. The number of carbonyl (C=O) groups excluding carboxylic acids is 3. The lowest BCUT2D eigenvalue weighted by Gasteiger charge is -2.14. The third kappa shape index (κ3) is 3.39. The van der Waals surface area contributed by atoms with E-state index in [9.17, 15) is 14.4 Å². The van der Waals surface area contributed by atoms with Gasteiger partial charge in [-0.1, -0.05) is 0 Å². The summed E-state index contributed by atoms with van der Waals surface area (Å²) in [6.07, 6.45) is 4.68. The van der Waals surface area contributed by atoms with Crippen LogP contribution in [0.25, 0.3) is 0 Å². The van der Waals surface area contributed by atoms with E-state index in [1.165, 1.54) is 12.2 Å². The SMILES string of the molecule is CSCCC(=O)NCN1C(=O)C=CC1=O. The van der Waals surface area contributed by atoms with E-state index in [0.717, 1.165) is 10.7 Å². The number of nitrogens with zero attached hydrogens (tertiary/aromatic N) is 1. The van der Waals surface area contributed by atoms with E-state index in [0.29, 0.717) is 6.42 Å². The lowest BCUT2D eigenvalue weighted by Crippen LogP contribution is -2.41. The number of amides is 3. The standard InChI is InChI=1S/C9H12N2O3S/c1-15-5-4-7(12)10-6-11-8(13)2-3-9(11)14/h2-3H,4-6H2,1H3,(H,10,12). The molecule has 1 N–H and O–H groups in total. The van der Waals surface area contributed by atoms with Crippen molar-refractivity contribution in [2.24, 2.45) is 0 Å². The van der Waals surface area contributed by atoms with E-state index < -0.39 is 0 Å². The lowest BCUT2D eigenvalue weighted by molar-refractivity contribution is -0.137. The molecule has 6 heteroatoms. The van der Waals surface area contributed by atoms with E-state index in [4.69, 9.17) is 0 Å². The topological polar surface area (TPSA) is 66.5 Å². The van der Waals surface area contributed by atoms with Gasteiger partial charge in [0.2, 0.25) is 5.91 Å². The second kappa shape index (κ2) is 5.55. The lowest BCUT2D eigenvalue weighted by atomic mass is 10.4. The van der Waals surface area contributed by atoms with Crippen LogP contribution in [0.15, 0.2) is 12.2 Å². The van der Waals surface area contributed by atoms with Gasteiger partial charge in [-0.2, -0.15) is 11.8 Å². The zero-order chi connectivity index (χ0) is 11.3. The highest BCUT2D eigenvalue weighted by atomic mass is 32.2. The fourth-order valence-corrected chi connectivity index (χ4v) is 1.43. The van der Waals surface area contributed by atoms with Gasteiger partial charge in [-0.25, -0.2) is 0 Å². The van der Waals surface area contributed by atoms with Gasteiger partial charge < -0.3 is 5.32 Å². The van der Waals surface area contributed by atoms with Crippen LogP contribution in [-0.4, -0.2) is 41.3 Å². The number of hydrogen-bond donors (Lipinski definition) is 1. The summed E-state index contributed by atoms with van der Waals surface area (Å²) < 4.78 is 0. The van der Waals surface area contributed by atoms with Crippen molar-refractivity contribution < 1.29 is 14.4 Å². The normalized spacial score (nSPS) is 14.9. The summed E-state index contributed by atoms with van der Waals surface area (Å²) in [6.45, 7) is -0.0438. The molecule has 0 unspecified atom stereocenters. The van der Waals surface area contributed by atoms with Crippen LogP contribution in [0.4, 0.5) is 0 Å². The summed E-state index contributed by atoms with van der Waals surface area (Å²) in [6, 6.07) is 0. The minimum absolute atomic E-state index is 0.0438. The molecule has 1 heterocycles. The summed E-state index contributed by atoms with van der Waals surface area (Å²) in [5.41, 5.74) is 0. The largest absolute Gasteiger partial charge is 0.338 e. The molecule has 0 radical (unpaired) electrons. The summed E-state index contributed by atoms with van der Waals surface area (Å²) in [5.74, 6) is -0.196. The van der Waals surface area contributed by atoms with Gasteiger partial charge in [-0.05, 0) is 6.26 Å². The predicted molar refractivity (Wildman–Crippen MR) is 57.0 cm³/mol. The first-order valence-electron chi connectivity index (χ1n) is 4.44. The zero-order valence-electron chi connectivity index (χ0n) is 8.36. The molecule has 15 heavy (non-hydrogen) atoms. The third-order valence-electron chi connectivity index (χ3n) is 1.87. The maximum Gasteiger partial charge on any atom is 0.255 e. The molecule has 82 valence electrons. The highest BCUT2D eigenvalue weighted by Crippen LogP contribution is 2.01. The minimum atomic E-state index is -0.384. The molecule has 0 bridgehead atoms. The van der Waals surface area contributed by atoms with Gasteiger partial charge in [0.1, 0.15) is 6.67 Å². The molecular formula is C9H12N2O3S. The highest BCUT2D eigenvalue weighted by Gasteiger charge is 2.23. The van der Waals surface area contributed by atoms with Crippen LogP contribution >= 0.6 is 11.8 Å². The van der Waals surface area contributed by atoms with Crippen molar-refractivity contribution in [3.8, 4) is 0 Å². The quantitative estimate of drug-likeness (QED) is 0.658. The first-order valence-corrected chi connectivity index (χ1v) is 5.83. The Labute approximate surface area is 91.9 Å². The van der Waals surface area contributed by atoms with Gasteiger partial charge in [0, 0.05) is 24.3 Å². The number of imide groups is 1. The monoisotopic (exact) mass is 228 g/mol. The molecule has 0 atom stereocenters. The van der Waals surface area contributed by atoms with Crippen LogP contribution in [-0.2, 0) is 14.4 Å².